The first-order chi connectivity index (χ1) is 7.66. The third-order valence-electron chi connectivity index (χ3n) is 2.96. The Kier molecular flexibility index (Phi) is 3.19. The van der Waals surface area contributed by atoms with Crippen LogP contribution in [-0.2, 0) is 4.79 Å². The molecule has 1 aromatic carbocycles. The number of likely N-dealkylation sites (tertiary alicyclic amines) is 1. The monoisotopic (exact) mass is 223 g/mol. The molecule has 1 saturated heterocycles. The standard InChI is InChI=1S/C12H14FNO2/c13-10-5-3-9(4-6-10)11-2-1-7-14(11)8-12(15)16/h3-6,11H,1-2,7-8H2,(H,15,16)/t11-/m0/s1. The number of aliphatic carboxylic acids is 1. The molecular formula is C12H14FNO2. The summed E-state index contributed by atoms with van der Waals surface area (Å²) in [5.74, 6) is -1.07. The van der Waals surface area contributed by atoms with E-state index in [0.29, 0.717) is 0 Å². The number of halogens is 1. The van der Waals surface area contributed by atoms with E-state index in [1.807, 2.05) is 4.90 Å². The molecule has 0 bridgehead atoms. The Bertz CT molecular complexity index is 377. The fourth-order valence-corrected chi connectivity index (χ4v) is 2.25. The zero-order valence-corrected chi connectivity index (χ0v) is 8.90. The molecule has 0 saturated carbocycles. The highest BCUT2D eigenvalue weighted by Gasteiger charge is 2.27. The van der Waals surface area contributed by atoms with Gasteiger partial charge in [0.2, 0.25) is 0 Å². The molecule has 1 fully saturated rings. The first kappa shape index (κ1) is 11.1. The van der Waals surface area contributed by atoms with Crippen molar-refractivity contribution in [2.45, 2.75) is 18.9 Å². The second kappa shape index (κ2) is 4.61. The van der Waals surface area contributed by atoms with E-state index < -0.39 is 5.97 Å². The summed E-state index contributed by atoms with van der Waals surface area (Å²) in [5, 5.41) is 8.78. The van der Waals surface area contributed by atoms with Gasteiger partial charge < -0.3 is 5.11 Å². The Hall–Kier alpha value is -1.42. The molecule has 86 valence electrons. The van der Waals surface area contributed by atoms with Crippen LogP contribution in [0.3, 0.4) is 0 Å². The Morgan fingerprint density at radius 2 is 2.12 bits per heavy atom. The van der Waals surface area contributed by atoms with Crippen LogP contribution < -0.4 is 0 Å². The summed E-state index contributed by atoms with van der Waals surface area (Å²) in [5.41, 5.74) is 1.00. The van der Waals surface area contributed by atoms with Gasteiger partial charge in [0.05, 0.1) is 6.54 Å². The average molecular weight is 223 g/mol. The van der Waals surface area contributed by atoms with Crippen molar-refractivity contribution in [2.75, 3.05) is 13.1 Å². The molecule has 0 aromatic heterocycles. The van der Waals surface area contributed by atoms with Gasteiger partial charge in [-0.2, -0.15) is 0 Å². The van der Waals surface area contributed by atoms with Crippen LogP contribution in [0.4, 0.5) is 4.39 Å². The van der Waals surface area contributed by atoms with Gasteiger partial charge in [0.25, 0.3) is 0 Å². The average Bonchev–Trinajstić information content (AvgIpc) is 2.66. The van der Waals surface area contributed by atoms with E-state index in [2.05, 4.69) is 0 Å². The van der Waals surface area contributed by atoms with Gasteiger partial charge in [-0.15, -0.1) is 0 Å². The minimum Gasteiger partial charge on any atom is -0.480 e. The van der Waals surface area contributed by atoms with Crippen molar-refractivity contribution in [3.05, 3.63) is 35.6 Å². The van der Waals surface area contributed by atoms with E-state index in [1.54, 1.807) is 12.1 Å². The lowest BCUT2D eigenvalue weighted by Gasteiger charge is -2.22. The SMILES string of the molecule is O=C(O)CN1CCC[C@H]1c1ccc(F)cc1. The normalized spacial score (nSPS) is 21.2. The molecular weight excluding hydrogens is 209 g/mol. The summed E-state index contributed by atoms with van der Waals surface area (Å²) < 4.78 is 12.8. The molecule has 0 spiro atoms. The van der Waals surface area contributed by atoms with E-state index in [0.717, 1.165) is 24.9 Å². The summed E-state index contributed by atoms with van der Waals surface area (Å²) in [6.45, 7) is 0.858. The maximum atomic E-state index is 12.8. The van der Waals surface area contributed by atoms with Crippen molar-refractivity contribution in [1.82, 2.24) is 4.90 Å². The van der Waals surface area contributed by atoms with Crippen LogP contribution in [0.5, 0.6) is 0 Å². The molecule has 0 amide bonds. The summed E-state index contributed by atoms with van der Waals surface area (Å²) in [6, 6.07) is 6.44. The van der Waals surface area contributed by atoms with Crippen molar-refractivity contribution in [1.29, 1.82) is 0 Å². The number of nitrogens with zero attached hydrogens (tertiary/aromatic N) is 1. The lowest BCUT2D eigenvalue weighted by molar-refractivity contribution is -0.138. The quantitative estimate of drug-likeness (QED) is 0.852. The van der Waals surface area contributed by atoms with Crippen LogP contribution in [0.25, 0.3) is 0 Å². The number of carbonyl (C=O) groups is 1. The van der Waals surface area contributed by atoms with E-state index in [4.69, 9.17) is 5.11 Å². The number of carboxylic acids is 1. The van der Waals surface area contributed by atoms with Crippen molar-refractivity contribution in [3.63, 3.8) is 0 Å². The van der Waals surface area contributed by atoms with Gasteiger partial charge in [-0.3, -0.25) is 9.69 Å². The van der Waals surface area contributed by atoms with Crippen LogP contribution >= 0.6 is 0 Å². The molecule has 1 atom stereocenters. The molecule has 0 aliphatic carbocycles. The second-order valence-electron chi connectivity index (χ2n) is 4.07. The molecule has 1 heterocycles. The zero-order chi connectivity index (χ0) is 11.5. The molecule has 1 aliphatic rings. The van der Waals surface area contributed by atoms with Gasteiger partial charge in [-0.1, -0.05) is 12.1 Å². The third kappa shape index (κ3) is 2.39. The number of rotatable bonds is 3. The first-order valence-electron chi connectivity index (χ1n) is 5.38. The van der Waals surface area contributed by atoms with Crippen LogP contribution in [0.1, 0.15) is 24.4 Å². The molecule has 4 heteroatoms. The Labute approximate surface area is 93.5 Å². The van der Waals surface area contributed by atoms with Crippen LogP contribution in [-0.4, -0.2) is 29.1 Å². The molecule has 1 aliphatic heterocycles. The molecule has 1 N–H and O–H groups in total. The van der Waals surface area contributed by atoms with Crippen molar-refractivity contribution in [3.8, 4) is 0 Å². The summed E-state index contributed by atoms with van der Waals surface area (Å²) in [4.78, 5) is 12.6. The lowest BCUT2D eigenvalue weighted by atomic mass is 10.0. The molecule has 1 aromatic rings. The van der Waals surface area contributed by atoms with Gasteiger partial charge in [-0.05, 0) is 37.1 Å². The van der Waals surface area contributed by atoms with E-state index in [-0.39, 0.29) is 18.4 Å². The van der Waals surface area contributed by atoms with Crippen LogP contribution in [0.2, 0.25) is 0 Å². The number of carboxylic acid groups (broad SMARTS) is 1. The largest absolute Gasteiger partial charge is 0.480 e. The Morgan fingerprint density at radius 1 is 1.44 bits per heavy atom. The first-order valence-corrected chi connectivity index (χ1v) is 5.38. The topological polar surface area (TPSA) is 40.5 Å². The van der Waals surface area contributed by atoms with Crippen LogP contribution in [0.15, 0.2) is 24.3 Å². The van der Waals surface area contributed by atoms with Crippen molar-refractivity contribution >= 4 is 5.97 Å². The summed E-state index contributed by atoms with van der Waals surface area (Å²) in [7, 11) is 0. The predicted octanol–water partition coefficient (Wildman–Crippen LogP) is 2.05. The number of hydrogen-bond acceptors (Lipinski definition) is 2. The molecule has 3 nitrogen and oxygen atoms in total. The van der Waals surface area contributed by atoms with Gasteiger partial charge in [0, 0.05) is 6.04 Å². The van der Waals surface area contributed by atoms with E-state index in [9.17, 15) is 9.18 Å². The minimum atomic E-state index is -0.811. The predicted molar refractivity (Wildman–Crippen MR) is 57.6 cm³/mol. The molecule has 0 unspecified atom stereocenters. The lowest BCUT2D eigenvalue weighted by Crippen LogP contribution is -2.29. The highest BCUT2D eigenvalue weighted by molar-refractivity contribution is 5.69. The van der Waals surface area contributed by atoms with Gasteiger partial charge >= 0.3 is 5.97 Å². The zero-order valence-electron chi connectivity index (χ0n) is 8.90. The molecule has 16 heavy (non-hydrogen) atoms. The maximum absolute atomic E-state index is 12.8. The van der Waals surface area contributed by atoms with Gasteiger partial charge in [0.1, 0.15) is 5.82 Å². The highest BCUT2D eigenvalue weighted by atomic mass is 19.1. The third-order valence-corrected chi connectivity index (χ3v) is 2.96. The highest BCUT2D eigenvalue weighted by Crippen LogP contribution is 2.31. The summed E-state index contributed by atoms with van der Waals surface area (Å²) >= 11 is 0. The summed E-state index contributed by atoms with van der Waals surface area (Å²) in [6.07, 6.45) is 1.94. The molecule has 0 radical (unpaired) electrons. The fourth-order valence-electron chi connectivity index (χ4n) is 2.25. The van der Waals surface area contributed by atoms with E-state index >= 15 is 0 Å². The number of benzene rings is 1. The fraction of sp³-hybridized carbons (Fsp3) is 0.417. The smallest absolute Gasteiger partial charge is 0.317 e. The van der Waals surface area contributed by atoms with Crippen LogP contribution in [0, 0.1) is 5.82 Å². The van der Waals surface area contributed by atoms with Gasteiger partial charge in [-0.25, -0.2) is 4.39 Å². The second-order valence-corrected chi connectivity index (χ2v) is 4.07. The Balaban J connectivity index is 2.13. The maximum Gasteiger partial charge on any atom is 0.317 e. The number of hydrogen-bond donors (Lipinski definition) is 1. The molecule has 2 rings (SSSR count). The van der Waals surface area contributed by atoms with Crippen molar-refractivity contribution in [2.24, 2.45) is 0 Å². The van der Waals surface area contributed by atoms with Crippen molar-refractivity contribution < 1.29 is 14.3 Å². The van der Waals surface area contributed by atoms with Gasteiger partial charge in [0.15, 0.2) is 0 Å². The minimum absolute atomic E-state index is 0.0576. The van der Waals surface area contributed by atoms with E-state index in [1.165, 1.54) is 12.1 Å². The Morgan fingerprint density at radius 3 is 2.75 bits per heavy atom.